The van der Waals surface area contributed by atoms with Crippen molar-refractivity contribution in [2.75, 3.05) is 63.9 Å². The predicted molar refractivity (Wildman–Crippen MR) is 150 cm³/mol. The molecule has 0 saturated carbocycles. The van der Waals surface area contributed by atoms with E-state index in [1.807, 2.05) is 29.7 Å². The molecule has 38 heavy (non-hydrogen) atoms. The van der Waals surface area contributed by atoms with E-state index >= 15 is 0 Å². The van der Waals surface area contributed by atoms with Crippen molar-refractivity contribution in [3.05, 3.63) is 35.3 Å². The molecule has 11 heteroatoms. The van der Waals surface area contributed by atoms with Gasteiger partial charge in [0.05, 0.1) is 35.1 Å². The number of hydrogen-bond acceptors (Lipinski definition) is 9. The van der Waals surface area contributed by atoms with Gasteiger partial charge < -0.3 is 20.3 Å². The molecule has 2 saturated heterocycles. The van der Waals surface area contributed by atoms with Gasteiger partial charge in [-0.15, -0.1) is 11.3 Å². The number of aromatic amines is 1. The second-order valence-electron chi connectivity index (χ2n) is 10.1. The molecule has 2 aliphatic heterocycles. The van der Waals surface area contributed by atoms with Gasteiger partial charge in [-0.1, -0.05) is 12.1 Å². The normalized spacial score (nSPS) is 17.5. The average Bonchev–Trinajstić information content (AvgIpc) is 3.58. The van der Waals surface area contributed by atoms with Gasteiger partial charge in [0, 0.05) is 68.1 Å². The highest BCUT2D eigenvalue weighted by atomic mass is 32.1. The fourth-order valence-corrected chi connectivity index (χ4v) is 6.50. The van der Waals surface area contributed by atoms with Crippen LogP contribution in [0.3, 0.4) is 0 Å². The van der Waals surface area contributed by atoms with Gasteiger partial charge in [-0.25, -0.2) is 9.97 Å². The average molecular weight is 535 g/mol. The van der Waals surface area contributed by atoms with Crippen LogP contribution in [0.4, 0.5) is 5.82 Å². The molecule has 6 rings (SSSR count). The van der Waals surface area contributed by atoms with Crippen LogP contribution in [0.15, 0.2) is 30.5 Å². The summed E-state index contributed by atoms with van der Waals surface area (Å²) in [6.45, 7) is 9.23. The monoisotopic (exact) mass is 534 g/mol. The lowest BCUT2D eigenvalue weighted by molar-refractivity contribution is -0.118. The van der Waals surface area contributed by atoms with Gasteiger partial charge in [0.25, 0.3) is 0 Å². The smallest absolute Gasteiger partial charge is 0.217 e. The van der Waals surface area contributed by atoms with Crippen LogP contribution in [0.1, 0.15) is 24.1 Å². The Morgan fingerprint density at radius 3 is 2.68 bits per heavy atom. The van der Waals surface area contributed by atoms with Crippen LogP contribution in [0, 0.1) is 0 Å². The number of amides is 1. The number of benzene rings is 1. The number of unbranched alkanes of at least 4 members (excludes halogenated alkanes) is 1. The topological polar surface area (TPSA) is 116 Å². The summed E-state index contributed by atoms with van der Waals surface area (Å²) in [4.78, 5) is 29.8. The Hall–Kier alpha value is -3.12. The van der Waals surface area contributed by atoms with Crippen molar-refractivity contribution in [1.82, 2.24) is 30.0 Å². The van der Waals surface area contributed by atoms with Gasteiger partial charge in [-0.2, -0.15) is 5.10 Å². The van der Waals surface area contributed by atoms with Gasteiger partial charge in [0.1, 0.15) is 0 Å². The highest BCUT2D eigenvalue weighted by molar-refractivity contribution is 7.19. The van der Waals surface area contributed by atoms with Crippen LogP contribution in [0.5, 0.6) is 0 Å². The van der Waals surface area contributed by atoms with Crippen molar-refractivity contribution in [3.8, 4) is 11.4 Å². The first-order chi connectivity index (χ1) is 18.6. The first-order valence-corrected chi connectivity index (χ1v) is 14.2. The van der Waals surface area contributed by atoms with Crippen LogP contribution >= 0.6 is 11.3 Å². The van der Waals surface area contributed by atoms with Gasteiger partial charge in [0.15, 0.2) is 11.6 Å². The Morgan fingerprint density at radius 1 is 1.05 bits per heavy atom. The fraction of sp³-hybridized carbons (Fsp3) is 0.481. The lowest BCUT2D eigenvalue weighted by Crippen LogP contribution is -2.46. The third-order valence-electron chi connectivity index (χ3n) is 7.43. The molecular weight excluding hydrogens is 500 g/mol. The number of rotatable bonds is 9. The number of hydrogen-bond donors (Lipinski definition) is 2. The first-order valence-electron chi connectivity index (χ1n) is 13.4. The van der Waals surface area contributed by atoms with E-state index in [9.17, 15) is 4.79 Å². The summed E-state index contributed by atoms with van der Waals surface area (Å²) in [5.41, 5.74) is 8.24. The number of fused-ring (bicyclic) bond motifs is 2. The molecule has 200 valence electrons. The van der Waals surface area contributed by atoms with E-state index in [0.29, 0.717) is 19.6 Å². The Kier molecular flexibility index (Phi) is 7.50. The van der Waals surface area contributed by atoms with Crippen molar-refractivity contribution in [2.45, 2.75) is 25.8 Å². The molecule has 2 aliphatic rings. The molecule has 10 nitrogen and oxygen atoms in total. The van der Waals surface area contributed by atoms with Crippen molar-refractivity contribution >= 4 is 44.2 Å². The standard InChI is InChI=1S/C27H34N8O2S/c28-24(36)6-1-2-7-33-8-10-34(11-9-33)18-19-16-23-25(38-19)27(35-12-14-37-15-13-35)31-26(30-23)20-4-3-5-22-21(20)17-29-32-22/h3-5,16-17H,1-2,6-15,18H2,(H2,28,36)(H,29,32). The first kappa shape index (κ1) is 25.2. The van der Waals surface area contributed by atoms with E-state index in [-0.39, 0.29) is 5.91 Å². The maximum absolute atomic E-state index is 11.0. The molecular formula is C27H34N8O2S. The van der Waals surface area contributed by atoms with Gasteiger partial charge in [-0.3, -0.25) is 14.8 Å². The van der Waals surface area contributed by atoms with Crippen molar-refractivity contribution in [3.63, 3.8) is 0 Å². The molecule has 2 fully saturated rings. The van der Waals surface area contributed by atoms with Crippen molar-refractivity contribution < 1.29 is 9.53 Å². The third-order valence-corrected chi connectivity index (χ3v) is 8.54. The van der Waals surface area contributed by atoms with Crippen LogP contribution in [0.25, 0.3) is 32.5 Å². The number of H-pyrrole nitrogens is 1. The van der Waals surface area contributed by atoms with E-state index in [2.05, 4.69) is 37.0 Å². The Balaban J connectivity index is 1.21. The second-order valence-corrected chi connectivity index (χ2v) is 11.2. The minimum atomic E-state index is -0.203. The van der Waals surface area contributed by atoms with Crippen LogP contribution in [-0.4, -0.2) is 94.9 Å². The molecule has 1 aromatic carbocycles. The van der Waals surface area contributed by atoms with Crippen LogP contribution in [0.2, 0.25) is 0 Å². The minimum absolute atomic E-state index is 0.203. The lowest BCUT2D eigenvalue weighted by Gasteiger charge is -2.34. The summed E-state index contributed by atoms with van der Waals surface area (Å²) >= 11 is 1.82. The molecule has 3 N–H and O–H groups in total. The van der Waals surface area contributed by atoms with Gasteiger partial charge >= 0.3 is 0 Å². The Bertz CT molecular complexity index is 1400. The van der Waals surface area contributed by atoms with Crippen LogP contribution in [-0.2, 0) is 16.1 Å². The maximum Gasteiger partial charge on any atom is 0.217 e. The lowest BCUT2D eigenvalue weighted by atomic mass is 10.1. The summed E-state index contributed by atoms with van der Waals surface area (Å²) < 4.78 is 6.78. The number of aromatic nitrogens is 4. The zero-order chi connectivity index (χ0) is 25.9. The zero-order valence-corrected chi connectivity index (χ0v) is 22.4. The quantitative estimate of drug-likeness (QED) is 0.315. The molecule has 0 unspecified atom stereocenters. The molecule has 5 heterocycles. The number of anilines is 1. The van der Waals surface area contributed by atoms with Crippen molar-refractivity contribution in [1.29, 1.82) is 0 Å². The summed E-state index contributed by atoms with van der Waals surface area (Å²) in [5.74, 6) is 1.54. The Labute approximate surface area is 225 Å². The largest absolute Gasteiger partial charge is 0.378 e. The highest BCUT2D eigenvalue weighted by Crippen LogP contribution is 2.36. The Morgan fingerprint density at radius 2 is 1.87 bits per heavy atom. The van der Waals surface area contributed by atoms with E-state index in [0.717, 1.165) is 104 Å². The third kappa shape index (κ3) is 5.51. The summed E-state index contributed by atoms with van der Waals surface area (Å²) in [7, 11) is 0. The maximum atomic E-state index is 11.0. The SMILES string of the molecule is NC(=O)CCCCN1CCN(Cc2cc3nc(-c4cccc5[nH]ncc45)nc(N4CCOCC4)c3s2)CC1. The molecule has 0 radical (unpaired) electrons. The number of piperazine rings is 1. The molecule has 0 aliphatic carbocycles. The molecule has 4 aromatic rings. The number of nitrogens with zero attached hydrogens (tertiary/aromatic N) is 6. The second kappa shape index (κ2) is 11.3. The van der Waals surface area contributed by atoms with E-state index < -0.39 is 0 Å². The number of nitrogens with one attached hydrogen (secondary N) is 1. The molecule has 3 aromatic heterocycles. The number of primary amides is 1. The number of carbonyl (C=O) groups excluding carboxylic acids is 1. The van der Waals surface area contributed by atoms with E-state index in [1.165, 1.54) is 4.88 Å². The number of carbonyl (C=O) groups is 1. The van der Waals surface area contributed by atoms with E-state index in [4.69, 9.17) is 20.4 Å². The minimum Gasteiger partial charge on any atom is -0.378 e. The van der Waals surface area contributed by atoms with Crippen molar-refractivity contribution in [2.24, 2.45) is 5.73 Å². The number of ether oxygens (including phenoxy) is 1. The summed E-state index contributed by atoms with van der Waals surface area (Å²) in [6.07, 6.45) is 4.24. The van der Waals surface area contributed by atoms with E-state index in [1.54, 1.807) is 0 Å². The van der Waals surface area contributed by atoms with Gasteiger partial charge in [-0.05, 0) is 31.5 Å². The number of morpholine rings is 1. The molecule has 0 spiro atoms. The number of thiophene rings is 1. The fourth-order valence-electron chi connectivity index (χ4n) is 5.34. The predicted octanol–water partition coefficient (Wildman–Crippen LogP) is 2.84. The highest BCUT2D eigenvalue weighted by Gasteiger charge is 2.23. The van der Waals surface area contributed by atoms with Crippen LogP contribution < -0.4 is 10.6 Å². The molecule has 1 amide bonds. The van der Waals surface area contributed by atoms with Gasteiger partial charge in [0.2, 0.25) is 5.91 Å². The number of nitrogens with two attached hydrogens (primary N) is 1. The molecule has 0 bridgehead atoms. The zero-order valence-electron chi connectivity index (χ0n) is 21.6. The summed E-state index contributed by atoms with van der Waals surface area (Å²) in [6, 6.07) is 8.37. The summed E-state index contributed by atoms with van der Waals surface area (Å²) in [5, 5.41) is 8.32. The molecule has 0 atom stereocenters.